The number of aryl methyl sites for hydroxylation is 1. The molecule has 0 radical (unpaired) electrons. The average Bonchev–Trinajstić information content (AvgIpc) is 2.69. The topological polar surface area (TPSA) is 67.9 Å². The van der Waals surface area contributed by atoms with Crippen molar-refractivity contribution < 1.29 is 19.1 Å². The van der Waals surface area contributed by atoms with Crippen LogP contribution in [-0.2, 0) is 16.0 Å². The fraction of sp³-hybridized carbons (Fsp3) is 0.333. The summed E-state index contributed by atoms with van der Waals surface area (Å²) in [6, 6.07) is 12.8. The number of nitrogens with zero attached hydrogens (tertiary/aromatic N) is 1. The van der Waals surface area contributed by atoms with E-state index >= 15 is 0 Å². The molecule has 0 saturated heterocycles. The Morgan fingerprint density at radius 2 is 1.78 bits per heavy atom. The number of hydrogen-bond acceptors (Lipinski definition) is 4. The summed E-state index contributed by atoms with van der Waals surface area (Å²) >= 11 is 0. The molecule has 0 saturated carbocycles. The molecule has 1 aliphatic heterocycles. The highest BCUT2D eigenvalue weighted by atomic mass is 16.5. The predicted molar refractivity (Wildman–Crippen MR) is 105 cm³/mol. The van der Waals surface area contributed by atoms with Crippen molar-refractivity contribution in [2.45, 2.75) is 26.7 Å². The highest BCUT2D eigenvalue weighted by Gasteiger charge is 2.27. The molecule has 2 aromatic carbocycles. The number of anilines is 2. The van der Waals surface area contributed by atoms with Gasteiger partial charge in [-0.1, -0.05) is 18.2 Å². The average molecular weight is 368 g/mol. The van der Waals surface area contributed by atoms with Crippen LogP contribution in [-0.4, -0.2) is 31.6 Å². The Morgan fingerprint density at radius 3 is 2.56 bits per heavy atom. The first kappa shape index (κ1) is 18.8. The van der Waals surface area contributed by atoms with E-state index in [0.29, 0.717) is 36.9 Å². The summed E-state index contributed by atoms with van der Waals surface area (Å²) in [5.74, 6) is -0.0890. The van der Waals surface area contributed by atoms with E-state index in [4.69, 9.17) is 9.47 Å². The number of fused-ring (bicyclic) bond motifs is 1. The zero-order chi connectivity index (χ0) is 19.2. The van der Waals surface area contributed by atoms with Gasteiger partial charge in [0.25, 0.3) is 0 Å². The fourth-order valence-electron chi connectivity index (χ4n) is 3.18. The summed E-state index contributed by atoms with van der Waals surface area (Å²) in [5, 5.41) is 2.67. The third-order valence-electron chi connectivity index (χ3n) is 4.35. The van der Waals surface area contributed by atoms with Gasteiger partial charge in [0.2, 0.25) is 0 Å². The molecule has 1 heterocycles. The Hall–Kier alpha value is -3.02. The minimum Gasteiger partial charge on any atom is -0.490 e. The Labute approximate surface area is 159 Å². The number of para-hydroxylation sites is 1. The molecule has 1 aliphatic rings. The van der Waals surface area contributed by atoms with Crippen molar-refractivity contribution in [3.8, 4) is 11.5 Å². The molecule has 0 aliphatic carbocycles. The second-order valence-electron chi connectivity index (χ2n) is 6.17. The smallest absolute Gasteiger partial charge is 0.316 e. The molecular weight excluding hydrogens is 344 g/mol. The van der Waals surface area contributed by atoms with Gasteiger partial charge in [0, 0.05) is 24.0 Å². The first-order valence-corrected chi connectivity index (χ1v) is 9.24. The Kier molecular flexibility index (Phi) is 5.96. The van der Waals surface area contributed by atoms with Gasteiger partial charge in [0.1, 0.15) is 0 Å². The van der Waals surface area contributed by atoms with Gasteiger partial charge in [0.05, 0.1) is 13.2 Å². The molecule has 3 rings (SSSR count). The molecule has 27 heavy (non-hydrogen) atoms. The van der Waals surface area contributed by atoms with E-state index in [9.17, 15) is 9.59 Å². The van der Waals surface area contributed by atoms with Crippen molar-refractivity contribution in [3.63, 3.8) is 0 Å². The van der Waals surface area contributed by atoms with Crippen LogP contribution < -0.4 is 19.7 Å². The van der Waals surface area contributed by atoms with Crippen molar-refractivity contribution in [1.29, 1.82) is 0 Å². The van der Waals surface area contributed by atoms with E-state index in [1.54, 1.807) is 23.1 Å². The summed E-state index contributed by atoms with van der Waals surface area (Å²) in [7, 11) is 0. The maximum absolute atomic E-state index is 12.7. The van der Waals surface area contributed by atoms with E-state index in [-0.39, 0.29) is 0 Å². The highest BCUT2D eigenvalue weighted by molar-refractivity contribution is 6.44. The van der Waals surface area contributed by atoms with Gasteiger partial charge in [-0.2, -0.15) is 0 Å². The third-order valence-corrected chi connectivity index (χ3v) is 4.35. The van der Waals surface area contributed by atoms with Gasteiger partial charge in [0.15, 0.2) is 11.5 Å². The number of carbonyl (C=O) groups excluding carboxylic acids is 2. The summed E-state index contributed by atoms with van der Waals surface area (Å²) in [6.45, 7) is 5.29. The van der Waals surface area contributed by atoms with E-state index in [2.05, 4.69) is 5.32 Å². The second kappa shape index (κ2) is 8.58. The van der Waals surface area contributed by atoms with Crippen LogP contribution in [0.25, 0.3) is 0 Å². The molecule has 0 aromatic heterocycles. The predicted octanol–water partition coefficient (Wildman–Crippen LogP) is 3.40. The fourth-order valence-corrected chi connectivity index (χ4v) is 3.18. The number of benzene rings is 2. The molecule has 1 N–H and O–H groups in total. The Morgan fingerprint density at radius 1 is 1.04 bits per heavy atom. The van der Waals surface area contributed by atoms with Gasteiger partial charge in [-0.15, -0.1) is 0 Å². The summed E-state index contributed by atoms with van der Waals surface area (Å²) in [4.78, 5) is 26.8. The standard InChI is InChI=1S/C21H24N2O4/c1-3-26-18-12-11-16(14-19(18)27-4-2)22-20(24)21(25)23-13-7-9-15-8-5-6-10-17(15)23/h5-6,8,10-12,14H,3-4,7,9,13H2,1-2H3,(H,22,24). The molecule has 6 nitrogen and oxygen atoms in total. The van der Waals surface area contributed by atoms with Crippen LogP contribution in [0.5, 0.6) is 11.5 Å². The van der Waals surface area contributed by atoms with Crippen LogP contribution >= 0.6 is 0 Å². The lowest BCUT2D eigenvalue weighted by molar-refractivity contribution is -0.134. The van der Waals surface area contributed by atoms with Crippen LogP contribution in [0, 0.1) is 0 Å². The number of amides is 2. The van der Waals surface area contributed by atoms with Crippen LogP contribution in [0.1, 0.15) is 25.8 Å². The number of ether oxygens (including phenoxy) is 2. The molecule has 2 amide bonds. The maximum Gasteiger partial charge on any atom is 0.316 e. The van der Waals surface area contributed by atoms with Gasteiger partial charge in [-0.05, 0) is 50.5 Å². The summed E-state index contributed by atoms with van der Waals surface area (Å²) in [6.07, 6.45) is 1.76. The lowest BCUT2D eigenvalue weighted by Crippen LogP contribution is -2.42. The van der Waals surface area contributed by atoms with Gasteiger partial charge >= 0.3 is 11.8 Å². The second-order valence-corrected chi connectivity index (χ2v) is 6.17. The molecule has 0 fully saturated rings. The van der Waals surface area contributed by atoms with Crippen molar-refractivity contribution in [2.24, 2.45) is 0 Å². The van der Waals surface area contributed by atoms with E-state index in [1.807, 2.05) is 38.1 Å². The minimum absolute atomic E-state index is 0.473. The molecule has 0 spiro atoms. The van der Waals surface area contributed by atoms with Crippen molar-refractivity contribution >= 4 is 23.2 Å². The Balaban J connectivity index is 1.76. The zero-order valence-electron chi connectivity index (χ0n) is 15.7. The molecule has 0 bridgehead atoms. The number of carbonyl (C=O) groups is 2. The van der Waals surface area contributed by atoms with Crippen LogP contribution in [0.15, 0.2) is 42.5 Å². The van der Waals surface area contributed by atoms with Gasteiger partial charge in [-0.25, -0.2) is 0 Å². The number of rotatable bonds is 5. The van der Waals surface area contributed by atoms with E-state index in [0.717, 1.165) is 24.1 Å². The highest BCUT2D eigenvalue weighted by Crippen LogP contribution is 2.31. The lowest BCUT2D eigenvalue weighted by Gasteiger charge is -2.28. The van der Waals surface area contributed by atoms with Crippen LogP contribution in [0.4, 0.5) is 11.4 Å². The zero-order valence-corrected chi connectivity index (χ0v) is 15.7. The third kappa shape index (κ3) is 4.22. The van der Waals surface area contributed by atoms with Crippen molar-refractivity contribution in [1.82, 2.24) is 0 Å². The maximum atomic E-state index is 12.7. The molecule has 2 aromatic rings. The first-order chi connectivity index (χ1) is 13.1. The molecule has 6 heteroatoms. The number of hydrogen-bond donors (Lipinski definition) is 1. The van der Waals surface area contributed by atoms with Gasteiger partial charge in [-0.3, -0.25) is 9.59 Å². The SMILES string of the molecule is CCOc1ccc(NC(=O)C(=O)N2CCCc3ccccc32)cc1OCC. The van der Waals surface area contributed by atoms with Crippen LogP contribution in [0.2, 0.25) is 0 Å². The molecule has 0 atom stereocenters. The van der Waals surface area contributed by atoms with Crippen LogP contribution in [0.3, 0.4) is 0 Å². The van der Waals surface area contributed by atoms with E-state index < -0.39 is 11.8 Å². The van der Waals surface area contributed by atoms with Crippen molar-refractivity contribution in [2.75, 3.05) is 30.0 Å². The normalized spacial score (nSPS) is 12.9. The largest absolute Gasteiger partial charge is 0.490 e. The molecular formula is C21H24N2O4. The van der Waals surface area contributed by atoms with Gasteiger partial charge < -0.3 is 19.7 Å². The lowest BCUT2D eigenvalue weighted by atomic mass is 10.0. The van der Waals surface area contributed by atoms with E-state index in [1.165, 1.54) is 0 Å². The first-order valence-electron chi connectivity index (χ1n) is 9.24. The molecule has 142 valence electrons. The Bertz CT molecular complexity index is 835. The number of nitrogens with one attached hydrogen (secondary N) is 1. The monoisotopic (exact) mass is 368 g/mol. The summed E-state index contributed by atoms with van der Waals surface area (Å²) in [5.41, 5.74) is 2.39. The quantitative estimate of drug-likeness (QED) is 0.822. The minimum atomic E-state index is -0.668. The summed E-state index contributed by atoms with van der Waals surface area (Å²) < 4.78 is 11.1. The molecule has 0 unspecified atom stereocenters. The van der Waals surface area contributed by atoms with Crippen molar-refractivity contribution in [3.05, 3.63) is 48.0 Å².